The summed E-state index contributed by atoms with van der Waals surface area (Å²) in [5, 5.41) is 0. The molecule has 11 heteroatoms. The number of carbonyl (C=O) groups excluding carboxylic acids is 2. The van der Waals surface area contributed by atoms with Crippen LogP contribution in [0.25, 0.3) is 0 Å². The van der Waals surface area contributed by atoms with E-state index in [1.165, 1.54) is 21.3 Å². The number of ether oxygens (including phenoxy) is 7. The van der Waals surface area contributed by atoms with Gasteiger partial charge in [-0.05, 0) is 35.4 Å². The van der Waals surface area contributed by atoms with Crippen LogP contribution in [-0.2, 0) is 14.3 Å². The molecule has 2 aliphatic heterocycles. The molecule has 0 saturated carbocycles. The lowest BCUT2D eigenvalue weighted by Crippen LogP contribution is -2.39. The minimum atomic E-state index is -0.821. The molecular weight excluding hydrogens is 448 g/mol. The molecule has 3 aliphatic rings. The molecule has 0 aromatic heterocycles. The summed E-state index contributed by atoms with van der Waals surface area (Å²) in [5.41, 5.74) is 4.13. The van der Waals surface area contributed by atoms with Crippen molar-refractivity contribution < 1.29 is 42.7 Å². The molecule has 1 fully saturated rings. The molecule has 0 bridgehead atoms. The highest BCUT2D eigenvalue weighted by atomic mass is 16.7. The first-order valence-electron chi connectivity index (χ1n) is 10.6. The molecule has 0 unspecified atom stereocenters. The number of cyclic esters (lactones) is 1. The van der Waals surface area contributed by atoms with Crippen LogP contribution in [0.3, 0.4) is 0 Å². The number of hydrogen-bond donors (Lipinski definition) is 2. The number of fused-ring (bicyclic) bond motifs is 3. The van der Waals surface area contributed by atoms with Gasteiger partial charge >= 0.3 is 12.1 Å². The summed E-state index contributed by atoms with van der Waals surface area (Å²) in [6, 6.07) is 7.19. The van der Waals surface area contributed by atoms with Crippen molar-refractivity contribution in [2.45, 2.75) is 12.0 Å². The zero-order valence-electron chi connectivity index (χ0n) is 18.8. The molecule has 0 spiro atoms. The van der Waals surface area contributed by atoms with Crippen LogP contribution < -0.4 is 35.0 Å². The number of amides is 1. The van der Waals surface area contributed by atoms with Crippen molar-refractivity contribution in [2.75, 3.05) is 34.7 Å². The third-order valence-electron chi connectivity index (χ3n) is 6.52. The van der Waals surface area contributed by atoms with E-state index in [1.54, 1.807) is 18.2 Å². The molecule has 2 heterocycles. The lowest BCUT2D eigenvalue weighted by Gasteiger charge is -2.38. The topological polar surface area (TPSA) is 137 Å². The van der Waals surface area contributed by atoms with E-state index in [2.05, 4.69) is 0 Å². The largest absolute Gasteiger partial charge is 0.493 e. The van der Waals surface area contributed by atoms with Crippen molar-refractivity contribution in [3.8, 4) is 28.7 Å². The van der Waals surface area contributed by atoms with Crippen LogP contribution in [0.5, 0.6) is 28.7 Å². The Labute approximate surface area is 194 Å². The van der Waals surface area contributed by atoms with E-state index < -0.39 is 35.9 Å². The van der Waals surface area contributed by atoms with Crippen molar-refractivity contribution in [1.29, 1.82) is 0 Å². The highest BCUT2D eigenvalue weighted by molar-refractivity contribution is 5.79. The third-order valence-corrected chi connectivity index (χ3v) is 6.52. The molecule has 1 amide bonds. The highest BCUT2D eigenvalue weighted by Gasteiger charge is 2.54. The molecular formula is C23H24N2O9. The maximum atomic E-state index is 13.0. The molecule has 11 nitrogen and oxygen atoms in total. The second-order valence-corrected chi connectivity index (χ2v) is 8.06. The molecule has 4 atom stereocenters. The minimum absolute atomic E-state index is 0.0663. The average molecular weight is 472 g/mol. The molecule has 3 N–H and O–H groups in total. The molecule has 34 heavy (non-hydrogen) atoms. The van der Waals surface area contributed by atoms with Gasteiger partial charge < -0.3 is 33.2 Å². The average Bonchev–Trinajstić information content (AvgIpc) is 3.48. The third kappa shape index (κ3) is 3.31. The Morgan fingerprint density at radius 1 is 0.971 bits per heavy atom. The maximum Gasteiger partial charge on any atom is 0.422 e. The number of benzene rings is 2. The van der Waals surface area contributed by atoms with Gasteiger partial charge in [-0.25, -0.2) is 10.6 Å². The van der Waals surface area contributed by atoms with E-state index in [4.69, 9.17) is 39.0 Å². The molecule has 1 aliphatic carbocycles. The van der Waals surface area contributed by atoms with Crippen LogP contribution in [0.15, 0.2) is 24.3 Å². The number of nitrogens with one attached hydrogen (secondary N) is 1. The van der Waals surface area contributed by atoms with E-state index in [9.17, 15) is 9.59 Å². The number of methoxy groups -OCH3 is 3. The summed E-state index contributed by atoms with van der Waals surface area (Å²) in [6.45, 7) is 0.150. The summed E-state index contributed by atoms with van der Waals surface area (Å²) in [6.07, 6.45) is -1.61. The van der Waals surface area contributed by atoms with Crippen molar-refractivity contribution >= 4 is 12.1 Å². The SMILES string of the molecule is COc1cc([C@@H]2c3cc4c(cc3[C@H](OC(=O)NN)[C@H]3COC(=O)[C@H]23)OCO4)cc(OC)c1OC. The Balaban J connectivity index is 1.73. The monoisotopic (exact) mass is 472 g/mol. The lowest BCUT2D eigenvalue weighted by atomic mass is 9.66. The van der Waals surface area contributed by atoms with E-state index in [-0.39, 0.29) is 13.4 Å². The fraction of sp³-hybridized carbons (Fsp3) is 0.391. The molecule has 5 rings (SSSR count). The summed E-state index contributed by atoms with van der Waals surface area (Å²) < 4.78 is 38.8. The Hall–Kier alpha value is -3.86. The normalized spacial score (nSPS) is 23.9. The first kappa shape index (κ1) is 22.0. The van der Waals surface area contributed by atoms with Gasteiger partial charge in [0.15, 0.2) is 23.0 Å². The van der Waals surface area contributed by atoms with E-state index in [0.717, 1.165) is 11.1 Å². The van der Waals surface area contributed by atoms with Crippen molar-refractivity contribution in [1.82, 2.24) is 5.43 Å². The fourth-order valence-electron chi connectivity index (χ4n) is 5.09. The molecule has 1 saturated heterocycles. The number of rotatable bonds is 5. The number of nitrogens with two attached hydrogens (primary N) is 1. The summed E-state index contributed by atoms with van der Waals surface area (Å²) in [7, 11) is 4.57. The molecule has 2 aromatic rings. The van der Waals surface area contributed by atoms with Gasteiger partial charge in [0, 0.05) is 17.4 Å². The maximum absolute atomic E-state index is 13.0. The first-order valence-corrected chi connectivity index (χ1v) is 10.6. The zero-order valence-corrected chi connectivity index (χ0v) is 18.8. The number of hydrazine groups is 1. The van der Waals surface area contributed by atoms with Crippen LogP contribution in [0.2, 0.25) is 0 Å². The standard InChI is InChI=1S/C23H24N2O9/c1-28-16-4-10(5-17(29-2)21(16)30-3)18-11-6-14-15(33-9-32-14)7-12(11)20(34-23(27)25-24)13-8-31-22(26)19(13)18/h4-7,13,18-20H,8-9,24H2,1-3H3,(H,25,27)/t13-,18+,19-,20-/m0/s1. The van der Waals surface area contributed by atoms with Gasteiger partial charge in [-0.3, -0.25) is 10.2 Å². The Bertz CT molecular complexity index is 1130. The van der Waals surface area contributed by atoms with Crippen molar-refractivity contribution in [2.24, 2.45) is 17.7 Å². The van der Waals surface area contributed by atoms with E-state index in [1.807, 2.05) is 11.5 Å². The van der Waals surface area contributed by atoms with E-state index in [0.29, 0.717) is 34.3 Å². The van der Waals surface area contributed by atoms with Gasteiger partial charge in [0.25, 0.3) is 0 Å². The highest BCUT2D eigenvalue weighted by Crippen LogP contribution is 2.56. The first-order chi connectivity index (χ1) is 16.5. The van der Waals surface area contributed by atoms with Crippen molar-refractivity contribution in [3.05, 3.63) is 41.0 Å². The fourth-order valence-corrected chi connectivity index (χ4v) is 5.09. The minimum Gasteiger partial charge on any atom is -0.493 e. The summed E-state index contributed by atoms with van der Waals surface area (Å²) in [5.74, 6) is 5.67. The van der Waals surface area contributed by atoms with Crippen LogP contribution in [-0.4, -0.2) is 46.8 Å². The summed E-state index contributed by atoms with van der Waals surface area (Å²) >= 11 is 0. The molecule has 180 valence electrons. The Morgan fingerprint density at radius 3 is 2.21 bits per heavy atom. The van der Waals surface area contributed by atoms with Crippen molar-refractivity contribution in [3.63, 3.8) is 0 Å². The van der Waals surface area contributed by atoms with Crippen LogP contribution in [0, 0.1) is 11.8 Å². The van der Waals surface area contributed by atoms with E-state index >= 15 is 0 Å². The van der Waals surface area contributed by atoms with Crippen LogP contribution >= 0.6 is 0 Å². The Kier molecular flexibility index (Phi) is 5.48. The second-order valence-electron chi connectivity index (χ2n) is 8.06. The quantitative estimate of drug-likeness (QED) is 0.288. The number of esters is 1. The summed E-state index contributed by atoms with van der Waals surface area (Å²) in [4.78, 5) is 25.1. The predicted molar refractivity (Wildman–Crippen MR) is 115 cm³/mol. The van der Waals surface area contributed by atoms with Gasteiger partial charge in [0.1, 0.15) is 6.10 Å². The van der Waals surface area contributed by atoms with Crippen LogP contribution in [0.1, 0.15) is 28.7 Å². The molecule has 0 radical (unpaired) electrons. The van der Waals surface area contributed by atoms with Crippen LogP contribution in [0.4, 0.5) is 4.79 Å². The lowest BCUT2D eigenvalue weighted by molar-refractivity contribution is -0.141. The molecule has 2 aromatic carbocycles. The second kappa shape index (κ2) is 8.49. The number of carbonyl (C=O) groups is 2. The predicted octanol–water partition coefficient (Wildman–Crippen LogP) is 2.02. The van der Waals surface area contributed by atoms with Gasteiger partial charge in [-0.1, -0.05) is 0 Å². The smallest absolute Gasteiger partial charge is 0.422 e. The van der Waals surface area contributed by atoms with Gasteiger partial charge in [0.2, 0.25) is 12.5 Å². The Morgan fingerprint density at radius 2 is 1.62 bits per heavy atom. The zero-order chi connectivity index (χ0) is 24.0. The number of hydrogen-bond acceptors (Lipinski definition) is 10. The van der Waals surface area contributed by atoms with Gasteiger partial charge in [-0.2, -0.15) is 0 Å². The van der Waals surface area contributed by atoms with Gasteiger partial charge in [-0.15, -0.1) is 0 Å². The van der Waals surface area contributed by atoms with Gasteiger partial charge in [0.05, 0.1) is 33.9 Å².